The Balaban J connectivity index is 2.42. The fourth-order valence-electron chi connectivity index (χ4n) is 0.940. The van der Waals surface area contributed by atoms with Gasteiger partial charge in [-0.1, -0.05) is 13.8 Å². The van der Waals surface area contributed by atoms with Gasteiger partial charge in [0.2, 0.25) is 0 Å². The molecule has 0 saturated carbocycles. The van der Waals surface area contributed by atoms with Crippen LogP contribution in [0.15, 0.2) is 15.9 Å². The Bertz CT molecular complexity index is 428. The summed E-state index contributed by atoms with van der Waals surface area (Å²) in [5.74, 6) is 0.299. The molecule has 4 nitrogen and oxygen atoms in total. The maximum Gasteiger partial charge on any atom is 0.277 e. The highest BCUT2D eigenvalue weighted by molar-refractivity contribution is 9.10. The van der Waals surface area contributed by atoms with Crippen molar-refractivity contribution in [3.63, 3.8) is 0 Å². The van der Waals surface area contributed by atoms with Gasteiger partial charge in [0.05, 0.1) is 0 Å². The van der Waals surface area contributed by atoms with Crippen LogP contribution in [0.2, 0.25) is 0 Å². The maximum absolute atomic E-state index is 11.5. The second-order valence-corrected chi connectivity index (χ2v) is 7.29. The van der Waals surface area contributed by atoms with Crippen molar-refractivity contribution < 1.29 is 8.42 Å². The second kappa shape index (κ2) is 6.11. The van der Waals surface area contributed by atoms with Gasteiger partial charge in [-0.15, -0.1) is 11.3 Å². The average molecular weight is 327 g/mol. The van der Waals surface area contributed by atoms with Crippen LogP contribution in [0.3, 0.4) is 0 Å². The van der Waals surface area contributed by atoms with E-state index in [1.165, 1.54) is 11.3 Å². The standard InChI is InChI=1S/C9H15BrN2O2S2/c1-7(2)4-11-16(13,14)12-5-9-3-8(10)6-15-9/h3,6-7,11-12H,4-5H2,1-2H3. The van der Waals surface area contributed by atoms with Crippen LogP contribution < -0.4 is 9.44 Å². The fourth-order valence-corrected chi connectivity index (χ4v) is 3.42. The Hall–Kier alpha value is 0.0500. The minimum Gasteiger partial charge on any atom is -0.202 e. The van der Waals surface area contributed by atoms with E-state index in [1.807, 2.05) is 25.3 Å². The van der Waals surface area contributed by atoms with Crippen LogP contribution in [-0.4, -0.2) is 15.0 Å². The van der Waals surface area contributed by atoms with E-state index in [0.29, 0.717) is 19.0 Å². The Morgan fingerprint density at radius 3 is 2.62 bits per heavy atom. The zero-order valence-corrected chi connectivity index (χ0v) is 12.4. The lowest BCUT2D eigenvalue weighted by molar-refractivity contribution is 0.547. The van der Waals surface area contributed by atoms with Crippen molar-refractivity contribution in [2.75, 3.05) is 6.54 Å². The lowest BCUT2D eigenvalue weighted by atomic mass is 10.2. The molecule has 0 unspecified atom stereocenters. The van der Waals surface area contributed by atoms with E-state index in [-0.39, 0.29) is 0 Å². The average Bonchev–Trinajstić information content (AvgIpc) is 2.59. The third kappa shape index (κ3) is 5.40. The van der Waals surface area contributed by atoms with Gasteiger partial charge in [-0.2, -0.15) is 13.1 Å². The van der Waals surface area contributed by atoms with Gasteiger partial charge in [0.25, 0.3) is 10.2 Å². The van der Waals surface area contributed by atoms with Gasteiger partial charge in [-0.3, -0.25) is 0 Å². The predicted octanol–water partition coefficient (Wildman–Crippen LogP) is 2.09. The molecule has 2 N–H and O–H groups in total. The van der Waals surface area contributed by atoms with Crippen molar-refractivity contribution in [1.29, 1.82) is 0 Å². The molecular formula is C9H15BrN2O2S2. The summed E-state index contributed by atoms with van der Waals surface area (Å²) in [5.41, 5.74) is 0. The fraction of sp³-hybridized carbons (Fsp3) is 0.556. The summed E-state index contributed by atoms with van der Waals surface area (Å²) in [6, 6.07) is 1.90. The van der Waals surface area contributed by atoms with Gasteiger partial charge in [0.15, 0.2) is 0 Å². The zero-order chi connectivity index (χ0) is 12.2. The summed E-state index contributed by atoms with van der Waals surface area (Å²) < 4.78 is 28.9. The largest absolute Gasteiger partial charge is 0.277 e. The van der Waals surface area contributed by atoms with Gasteiger partial charge in [-0.25, -0.2) is 4.72 Å². The minimum absolute atomic E-state index is 0.299. The molecule has 1 aromatic rings. The van der Waals surface area contributed by atoms with Crippen LogP contribution in [-0.2, 0) is 16.8 Å². The lowest BCUT2D eigenvalue weighted by Gasteiger charge is -2.08. The number of hydrogen-bond acceptors (Lipinski definition) is 3. The smallest absolute Gasteiger partial charge is 0.202 e. The molecule has 0 saturated heterocycles. The van der Waals surface area contributed by atoms with E-state index < -0.39 is 10.2 Å². The molecule has 92 valence electrons. The van der Waals surface area contributed by atoms with E-state index in [2.05, 4.69) is 25.4 Å². The van der Waals surface area contributed by atoms with E-state index in [9.17, 15) is 8.42 Å². The third-order valence-corrected chi connectivity index (χ3v) is 4.51. The number of hydrogen-bond donors (Lipinski definition) is 2. The number of rotatable bonds is 6. The van der Waals surface area contributed by atoms with Crippen molar-refractivity contribution >= 4 is 37.5 Å². The highest BCUT2D eigenvalue weighted by Crippen LogP contribution is 2.19. The van der Waals surface area contributed by atoms with Crippen LogP contribution in [0.5, 0.6) is 0 Å². The van der Waals surface area contributed by atoms with Crippen LogP contribution >= 0.6 is 27.3 Å². The summed E-state index contributed by atoms with van der Waals surface area (Å²) >= 11 is 4.83. The molecule has 0 aliphatic heterocycles. The molecule has 7 heteroatoms. The first-order valence-electron chi connectivity index (χ1n) is 4.86. The molecule has 0 aliphatic carbocycles. The SMILES string of the molecule is CC(C)CNS(=O)(=O)NCc1cc(Br)cs1. The first-order chi connectivity index (χ1) is 7.39. The lowest BCUT2D eigenvalue weighted by Crippen LogP contribution is -2.37. The van der Waals surface area contributed by atoms with Crippen molar-refractivity contribution in [2.45, 2.75) is 20.4 Å². The van der Waals surface area contributed by atoms with Crippen LogP contribution in [0, 0.1) is 5.92 Å². The maximum atomic E-state index is 11.5. The van der Waals surface area contributed by atoms with E-state index in [1.54, 1.807) is 0 Å². The number of halogens is 1. The Morgan fingerprint density at radius 1 is 1.44 bits per heavy atom. The van der Waals surface area contributed by atoms with Gasteiger partial charge in [0, 0.05) is 27.8 Å². The molecule has 0 atom stereocenters. The third-order valence-electron chi connectivity index (χ3n) is 1.74. The van der Waals surface area contributed by atoms with Crippen LogP contribution in [0.4, 0.5) is 0 Å². The van der Waals surface area contributed by atoms with Gasteiger partial charge in [-0.05, 0) is 27.9 Å². The van der Waals surface area contributed by atoms with Crippen LogP contribution in [0.25, 0.3) is 0 Å². The Morgan fingerprint density at radius 2 is 2.12 bits per heavy atom. The zero-order valence-electron chi connectivity index (χ0n) is 9.16. The first-order valence-corrected chi connectivity index (χ1v) is 8.02. The minimum atomic E-state index is -3.37. The summed E-state index contributed by atoms with van der Waals surface area (Å²) in [5, 5.41) is 1.92. The summed E-state index contributed by atoms with van der Waals surface area (Å²) in [4.78, 5) is 0.974. The van der Waals surface area contributed by atoms with E-state index >= 15 is 0 Å². The second-order valence-electron chi connectivity index (χ2n) is 3.80. The van der Waals surface area contributed by atoms with Gasteiger partial charge >= 0.3 is 0 Å². The predicted molar refractivity (Wildman–Crippen MR) is 70.6 cm³/mol. The molecule has 0 fully saturated rings. The molecule has 1 heterocycles. The Kier molecular flexibility index (Phi) is 5.39. The molecule has 0 radical (unpaired) electrons. The summed E-state index contributed by atoms with van der Waals surface area (Å²) in [7, 11) is -3.37. The monoisotopic (exact) mass is 326 g/mol. The van der Waals surface area contributed by atoms with Crippen molar-refractivity contribution in [3.05, 3.63) is 20.8 Å². The molecule has 0 amide bonds. The highest BCUT2D eigenvalue weighted by Gasteiger charge is 2.10. The van der Waals surface area contributed by atoms with Gasteiger partial charge < -0.3 is 0 Å². The molecule has 16 heavy (non-hydrogen) atoms. The first kappa shape index (κ1) is 14.1. The van der Waals surface area contributed by atoms with Crippen molar-refractivity contribution in [2.24, 2.45) is 5.92 Å². The topological polar surface area (TPSA) is 58.2 Å². The molecule has 0 aromatic carbocycles. The molecule has 1 aromatic heterocycles. The molecule has 0 bridgehead atoms. The quantitative estimate of drug-likeness (QED) is 0.841. The van der Waals surface area contributed by atoms with Gasteiger partial charge in [0.1, 0.15) is 0 Å². The molecular weight excluding hydrogens is 312 g/mol. The molecule has 0 spiro atoms. The van der Waals surface area contributed by atoms with E-state index in [0.717, 1.165) is 9.35 Å². The number of nitrogens with one attached hydrogen (secondary N) is 2. The summed E-state index contributed by atoms with van der Waals surface area (Å²) in [6.07, 6.45) is 0. The van der Waals surface area contributed by atoms with E-state index in [4.69, 9.17) is 0 Å². The molecule has 1 rings (SSSR count). The highest BCUT2D eigenvalue weighted by atomic mass is 79.9. The summed E-state index contributed by atoms with van der Waals surface area (Å²) in [6.45, 7) is 4.69. The normalized spacial score (nSPS) is 12.2. The number of thiophene rings is 1. The Labute approximate surface area is 109 Å². The van der Waals surface area contributed by atoms with Crippen molar-refractivity contribution in [1.82, 2.24) is 9.44 Å². The molecule has 0 aliphatic rings. The van der Waals surface area contributed by atoms with Crippen LogP contribution in [0.1, 0.15) is 18.7 Å². The van der Waals surface area contributed by atoms with Crippen molar-refractivity contribution in [3.8, 4) is 0 Å².